The summed E-state index contributed by atoms with van der Waals surface area (Å²) in [6, 6.07) is 6.32. The second-order valence-electron chi connectivity index (χ2n) is 6.55. The van der Waals surface area contributed by atoms with Crippen LogP contribution in [0.3, 0.4) is 0 Å². The van der Waals surface area contributed by atoms with Crippen LogP contribution in [0, 0.1) is 0 Å². The van der Waals surface area contributed by atoms with Gasteiger partial charge in [0.2, 0.25) is 5.88 Å². The summed E-state index contributed by atoms with van der Waals surface area (Å²) >= 11 is 0. The van der Waals surface area contributed by atoms with Gasteiger partial charge in [0, 0.05) is 5.69 Å². The first-order valence-corrected chi connectivity index (χ1v) is 7.73. The maximum absolute atomic E-state index is 12.1. The van der Waals surface area contributed by atoms with Crippen molar-refractivity contribution in [3.05, 3.63) is 56.2 Å². The van der Waals surface area contributed by atoms with Gasteiger partial charge in [-0.25, -0.2) is 4.79 Å². The lowest BCUT2D eigenvalue weighted by molar-refractivity contribution is -0.153. The summed E-state index contributed by atoms with van der Waals surface area (Å²) in [5.41, 5.74) is -2.09. The molecule has 0 saturated carbocycles. The molecule has 0 atom stereocenters. The molecule has 1 aromatic heterocycles. The Labute approximate surface area is 148 Å². The molecule has 2 rings (SSSR count). The summed E-state index contributed by atoms with van der Waals surface area (Å²) in [4.78, 5) is 50.3. The maximum atomic E-state index is 12.1. The van der Waals surface area contributed by atoms with Crippen molar-refractivity contribution < 1.29 is 19.4 Å². The number of aromatic nitrogens is 2. The number of carbonyl (C=O) groups excluding carboxylic acids is 2. The standard InChI is InChI=1S/C17H19N3O6/c1-17(2,3)26-11(21)8-9-4-6-10(7-5-9)18-13(22)12-14(23)19-16(25)20-15(12)24/h4-7H,8H2,1-3H3,(H,18,22)(H3,19,20,23,24,25). The maximum Gasteiger partial charge on any atom is 0.328 e. The van der Waals surface area contributed by atoms with Crippen LogP contribution in [0.2, 0.25) is 0 Å². The highest BCUT2D eigenvalue weighted by Crippen LogP contribution is 2.15. The number of rotatable bonds is 4. The minimum absolute atomic E-state index is 0.0753. The van der Waals surface area contributed by atoms with Crippen molar-refractivity contribution in [2.45, 2.75) is 32.8 Å². The number of carbonyl (C=O) groups is 2. The lowest BCUT2D eigenvalue weighted by Crippen LogP contribution is -2.30. The molecule has 0 unspecified atom stereocenters. The Hall–Kier alpha value is -3.36. The molecule has 0 aliphatic carbocycles. The zero-order valence-electron chi connectivity index (χ0n) is 14.5. The van der Waals surface area contributed by atoms with Crippen LogP contribution >= 0.6 is 0 Å². The zero-order valence-corrected chi connectivity index (χ0v) is 14.5. The number of nitrogens with one attached hydrogen (secondary N) is 3. The number of ether oxygens (including phenoxy) is 1. The van der Waals surface area contributed by atoms with E-state index < -0.39 is 34.2 Å². The van der Waals surface area contributed by atoms with Gasteiger partial charge in [0.15, 0.2) is 5.56 Å². The van der Waals surface area contributed by atoms with Gasteiger partial charge in [-0.1, -0.05) is 12.1 Å². The van der Waals surface area contributed by atoms with Crippen LogP contribution in [0.4, 0.5) is 5.69 Å². The van der Waals surface area contributed by atoms with Crippen LogP contribution in [-0.2, 0) is 16.0 Å². The highest BCUT2D eigenvalue weighted by atomic mass is 16.6. The van der Waals surface area contributed by atoms with Crippen molar-refractivity contribution in [3.8, 4) is 5.88 Å². The van der Waals surface area contributed by atoms with E-state index in [4.69, 9.17) is 4.74 Å². The van der Waals surface area contributed by atoms with Crippen molar-refractivity contribution in [1.82, 2.24) is 9.97 Å². The van der Waals surface area contributed by atoms with E-state index in [1.54, 1.807) is 32.9 Å². The lowest BCUT2D eigenvalue weighted by Gasteiger charge is -2.19. The number of benzene rings is 1. The number of esters is 1. The molecule has 0 saturated heterocycles. The monoisotopic (exact) mass is 361 g/mol. The summed E-state index contributed by atoms with van der Waals surface area (Å²) in [5.74, 6) is -2.09. The first kappa shape index (κ1) is 19.0. The van der Waals surface area contributed by atoms with Crippen molar-refractivity contribution in [2.75, 3.05) is 5.32 Å². The van der Waals surface area contributed by atoms with Gasteiger partial charge in [0.05, 0.1) is 6.42 Å². The summed E-state index contributed by atoms with van der Waals surface area (Å²) in [6.45, 7) is 5.33. The van der Waals surface area contributed by atoms with Gasteiger partial charge in [-0.2, -0.15) is 0 Å². The largest absolute Gasteiger partial charge is 0.494 e. The van der Waals surface area contributed by atoms with E-state index in [1.807, 2.05) is 9.97 Å². The molecule has 0 bridgehead atoms. The third-order valence-electron chi connectivity index (χ3n) is 3.13. The second-order valence-corrected chi connectivity index (χ2v) is 6.55. The summed E-state index contributed by atoms with van der Waals surface area (Å²) in [6.07, 6.45) is 0.0753. The lowest BCUT2D eigenvalue weighted by atomic mass is 10.1. The molecule has 0 aliphatic rings. The zero-order chi connectivity index (χ0) is 19.5. The van der Waals surface area contributed by atoms with Gasteiger partial charge in [-0.15, -0.1) is 0 Å². The van der Waals surface area contributed by atoms with Gasteiger partial charge in [0.25, 0.3) is 11.5 Å². The van der Waals surface area contributed by atoms with Gasteiger partial charge in [-0.05, 0) is 38.5 Å². The molecule has 1 aromatic carbocycles. The van der Waals surface area contributed by atoms with E-state index in [9.17, 15) is 24.3 Å². The predicted molar refractivity (Wildman–Crippen MR) is 93.3 cm³/mol. The average molecular weight is 361 g/mol. The minimum Gasteiger partial charge on any atom is -0.494 e. The van der Waals surface area contributed by atoms with Gasteiger partial charge in [0.1, 0.15) is 5.60 Å². The van der Waals surface area contributed by atoms with Crippen molar-refractivity contribution in [3.63, 3.8) is 0 Å². The van der Waals surface area contributed by atoms with Crippen LogP contribution in [0.1, 0.15) is 36.7 Å². The highest BCUT2D eigenvalue weighted by Gasteiger charge is 2.18. The van der Waals surface area contributed by atoms with Crippen LogP contribution in [0.15, 0.2) is 33.9 Å². The number of amides is 1. The Morgan fingerprint density at radius 3 is 2.27 bits per heavy atom. The van der Waals surface area contributed by atoms with E-state index in [0.717, 1.165) is 0 Å². The molecule has 0 spiro atoms. The van der Waals surface area contributed by atoms with Crippen molar-refractivity contribution in [2.24, 2.45) is 0 Å². The Morgan fingerprint density at radius 1 is 1.12 bits per heavy atom. The summed E-state index contributed by atoms with van der Waals surface area (Å²) in [5, 5.41) is 12.0. The average Bonchev–Trinajstić information content (AvgIpc) is 2.46. The number of H-pyrrole nitrogens is 2. The fourth-order valence-electron chi connectivity index (χ4n) is 2.13. The molecule has 0 aliphatic heterocycles. The molecule has 1 amide bonds. The van der Waals surface area contributed by atoms with Gasteiger partial charge >= 0.3 is 11.7 Å². The number of hydrogen-bond donors (Lipinski definition) is 4. The quantitative estimate of drug-likeness (QED) is 0.596. The van der Waals surface area contributed by atoms with Crippen LogP contribution < -0.4 is 16.6 Å². The topological polar surface area (TPSA) is 141 Å². The van der Waals surface area contributed by atoms with Crippen molar-refractivity contribution in [1.29, 1.82) is 0 Å². The number of hydrogen-bond acceptors (Lipinski definition) is 6. The van der Waals surface area contributed by atoms with E-state index in [1.165, 1.54) is 12.1 Å². The Bertz CT molecular complexity index is 935. The molecule has 138 valence electrons. The first-order valence-electron chi connectivity index (χ1n) is 7.73. The number of aromatic hydroxyl groups is 1. The third-order valence-corrected chi connectivity index (χ3v) is 3.13. The number of anilines is 1. The molecular formula is C17H19N3O6. The Kier molecular flexibility index (Phi) is 5.30. The fraction of sp³-hybridized carbons (Fsp3) is 0.294. The van der Waals surface area contributed by atoms with Gasteiger partial charge < -0.3 is 15.2 Å². The van der Waals surface area contributed by atoms with E-state index in [0.29, 0.717) is 11.3 Å². The second kappa shape index (κ2) is 7.26. The minimum atomic E-state index is -1.01. The molecule has 26 heavy (non-hydrogen) atoms. The Balaban J connectivity index is 2.08. The highest BCUT2D eigenvalue weighted by molar-refractivity contribution is 6.05. The van der Waals surface area contributed by atoms with Gasteiger partial charge in [-0.3, -0.25) is 24.4 Å². The third kappa shape index (κ3) is 5.07. The molecule has 9 nitrogen and oxygen atoms in total. The predicted octanol–water partition coefficient (Wildman–Crippen LogP) is 0.905. The van der Waals surface area contributed by atoms with E-state index >= 15 is 0 Å². The smallest absolute Gasteiger partial charge is 0.328 e. The Morgan fingerprint density at radius 2 is 1.73 bits per heavy atom. The van der Waals surface area contributed by atoms with Crippen LogP contribution in [0.25, 0.3) is 0 Å². The molecular weight excluding hydrogens is 342 g/mol. The number of aromatic amines is 2. The molecule has 1 heterocycles. The molecule has 4 N–H and O–H groups in total. The van der Waals surface area contributed by atoms with E-state index in [-0.39, 0.29) is 12.4 Å². The van der Waals surface area contributed by atoms with Crippen LogP contribution in [0.5, 0.6) is 5.88 Å². The molecule has 0 radical (unpaired) electrons. The normalized spacial score (nSPS) is 11.0. The fourth-order valence-corrected chi connectivity index (χ4v) is 2.13. The van der Waals surface area contributed by atoms with E-state index in [2.05, 4.69) is 5.32 Å². The summed E-state index contributed by atoms with van der Waals surface area (Å²) < 4.78 is 5.23. The summed E-state index contributed by atoms with van der Waals surface area (Å²) in [7, 11) is 0. The van der Waals surface area contributed by atoms with Crippen LogP contribution in [-0.4, -0.2) is 32.6 Å². The molecule has 2 aromatic rings. The molecule has 0 fully saturated rings. The SMILES string of the molecule is CC(C)(C)OC(=O)Cc1ccc(NC(=O)c2c(O)[nH]c(=O)[nH]c2=O)cc1. The first-order chi connectivity index (χ1) is 12.0. The van der Waals surface area contributed by atoms with Crippen molar-refractivity contribution >= 4 is 17.6 Å². The molecule has 9 heteroatoms.